The Balaban J connectivity index is 1.61. The second kappa shape index (κ2) is 7.72. The Bertz CT molecular complexity index is 1420. The Morgan fingerprint density at radius 1 is 0.941 bits per heavy atom. The van der Waals surface area contributed by atoms with Gasteiger partial charge in [0.25, 0.3) is 11.9 Å². The average molecular weight is 459 g/mol. The van der Waals surface area contributed by atoms with E-state index in [2.05, 4.69) is 41.2 Å². The SMILES string of the molecule is Cc1cc(C)nc(-n2nc(C)cc2NC(=O)c2cc(C3CC3)nc3c2c(C)nn3C(C)(C)C)n1. The van der Waals surface area contributed by atoms with Crippen molar-refractivity contribution in [3.05, 3.63) is 52.2 Å². The summed E-state index contributed by atoms with van der Waals surface area (Å²) in [5, 5.41) is 13.1. The fourth-order valence-corrected chi connectivity index (χ4v) is 4.27. The Kier molecular flexibility index (Phi) is 5.03. The molecule has 0 saturated heterocycles. The third-order valence-electron chi connectivity index (χ3n) is 5.94. The monoisotopic (exact) mass is 458 g/mol. The zero-order valence-electron chi connectivity index (χ0n) is 20.8. The fraction of sp³-hybridized carbons (Fsp3) is 0.440. The lowest BCUT2D eigenvalue weighted by molar-refractivity contribution is 0.102. The number of aryl methyl sites for hydroxylation is 4. The molecule has 5 rings (SSSR count). The fourth-order valence-electron chi connectivity index (χ4n) is 4.27. The highest BCUT2D eigenvalue weighted by Gasteiger charge is 2.30. The van der Waals surface area contributed by atoms with Crippen LogP contribution in [-0.2, 0) is 5.54 Å². The maximum absolute atomic E-state index is 13.7. The molecule has 4 aromatic heterocycles. The molecule has 0 bridgehead atoms. The van der Waals surface area contributed by atoms with Gasteiger partial charge in [-0.3, -0.25) is 4.79 Å². The molecule has 0 spiro atoms. The zero-order chi connectivity index (χ0) is 24.4. The number of aromatic nitrogens is 7. The van der Waals surface area contributed by atoms with E-state index in [0.29, 0.717) is 23.2 Å². The van der Waals surface area contributed by atoms with Crippen molar-refractivity contribution in [1.29, 1.82) is 0 Å². The summed E-state index contributed by atoms with van der Waals surface area (Å²) in [6, 6.07) is 5.66. The summed E-state index contributed by atoms with van der Waals surface area (Å²) in [6.07, 6.45) is 2.19. The van der Waals surface area contributed by atoms with Crippen LogP contribution in [0.25, 0.3) is 17.0 Å². The molecule has 1 amide bonds. The second-order valence-corrected chi connectivity index (χ2v) is 10.2. The van der Waals surface area contributed by atoms with Gasteiger partial charge in [0.15, 0.2) is 5.65 Å². The van der Waals surface area contributed by atoms with E-state index in [1.807, 2.05) is 50.6 Å². The Morgan fingerprint density at radius 2 is 1.62 bits per heavy atom. The van der Waals surface area contributed by atoms with Crippen molar-refractivity contribution in [2.24, 2.45) is 0 Å². The molecule has 1 fully saturated rings. The van der Waals surface area contributed by atoms with E-state index in [1.165, 1.54) is 0 Å². The first-order chi connectivity index (χ1) is 16.0. The average Bonchev–Trinajstić information content (AvgIpc) is 3.44. The van der Waals surface area contributed by atoms with E-state index in [4.69, 9.17) is 10.1 Å². The quantitative estimate of drug-likeness (QED) is 0.482. The first kappa shape index (κ1) is 22.2. The number of fused-ring (bicyclic) bond motifs is 1. The van der Waals surface area contributed by atoms with Crippen molar-refractivity contribution in [1.82, 2.24) is 34.5 Å². The molecule has 1 aliphatic rings. The first-order valence-corrected chi connectivity index (χ1v) is 11.6. The number of carbonyl (C=O) groups excluding carboxylic acids is 1. The van der Waals surface area contributed by atoms with Crippen molar-refractivity contribution in [2.75, 3.05) is 5.32 Å². The van der Waals surface area contributed by atoms with E-state index >= 15 is 0 Å². The van der Waals surface area contributed by atoms with Gasteiger partial charge in [-0.25, -0.2) is 19.6 Å². The highest BCUT2D eigenvalue weighted by molar-refractivity contribution is 6.12. The zero-order valence-corrected chi connectivity index (χ0v) is 20.8. The molecule has 9 nitrogen and oxygen atoms in total. The molecule has 0 radical (unpaired) electrons. The standard InChI is InChI=1S/C25H30N8O/c1-13-10-14(2)27-24(26-13)32-20(11-15(3)30-32)29-23(34)18-12-19(17-8-9-17)28-22-21(18)16(4)31-33(22)25(5,6)7/h10-12,17H,8-9H2,1-7H3,(H,29,34). The number of hydrogen-bond acceptors (Lipinski definition) is 6. The summed E-state index contributed by atoms with van der Waals surface area (Å²) in [4.78, 5) is 27.7. The largest absolute Gasteiger partial charge is 0.306 e. The van der Waals surface area contributed by atoms with Gasteiger partial charge in [-0.2, -0.15) is 14.9 Å². The van der Waals surface area contributed by atoms with Gasteiger partial charge < -0.3 is 5.32 Å². The van der Waals surface area contributed by atoms with Crippen molar-refractivity contribution in [3.8, 4) is 5.95 Å². The molecule has 176 valence electrons. The van der Waals surface area contributed by atoms with Gasteiger partial charge in [0, 0.05) is 29.1 Å². The number of nitrogens with zero attached hydrogens (tertiary/aromatic N) is 7. The van der Waals surface area contributed by atoms with Gasteiger partial charge in [-0.05, 0) is 73.4 Å². The van der Waals surface area contributed by atoms with Crippen molar-refractivity contribution < 1.29 is 4.79 Å². The normalized spacial score (nSPS) is 14.1. The maximum atomic E-state index is 13.7. The number of hydrogen-bond donors (Lipinski definition) is 1. The van der Waals surface area contributed by atoms with Crippen LogP contribution < -0.4 is 5.32 Å². The van der Waals surface area contributed by atoms with Gasteiger partial charge in [-0.15, -0.1) is 0 Å². The van der Waals surface area contributed by atoms with Crippen molar-refractivity contribution in [3.63, 3.8) is 0 Å². The summed E-state index contributed by atoms with van der Waals surface area (Å²) in [7, 11) is 0. The Labute approximate surface area is 198 Å². The number of pyridine rings is 1. The molecule has 4 aromatic rings. The van der Waals surface area contributed by atoms with Crippen molar-refractivity contribution in [2.45, 2.75) is 72.8 Å². The van der Waals surface area contributed by atoms with E-state index < -0.39 is 0 Å². The molecule has 0 unspecified atom stereocenters. The molecule has 1 saturated carbocycles. The van der Waals surface area contributed by atoms with E-state index in [9.17, 15) is 4.79 Å². The van der Waals surface area contributed by atoms with Gasteiger partial charge >= 0.3 is 0 Å². The van der Waals surface area contributed by atoms with Crippen LogP contribution in [0.5, 0.6) is 0 Å². The lowest BCUT2D eigenvalue weighted by Crippen LogP contribution is -2.24. The molecule has 34 heavy (non-hydrogen) atoms. The molecule has 4 heterocycles. The minimum Gasteiger partial charge on any atom is -0.306 e. The summed E-state index contributed by atoms with van der Waals surface area (Å²) in [5.41, 5.74) is 5.23. The Hall–Kier alpha value is -3.62. The smallest absolute Gasteiger partial charge is 0.257 e. The van der Waals surface area contributed by atoms with Gasteiger partial charge in [0.2, 0.25) is 0 Å². The van der Waals surface area contributed by atoms with Crippen LogP contribution in [0.3, 0.4) is 0 Å². The van der Waals surface area contributed by atoms with Crippen LogP contribution in [0.15, 0.2) is 18.2 Å². The van der Waals surface area contributed by atoms with Crippen LogP contribution in [0.1, 0.15) is 78.4 Å². The number of nitrogens with one attached hydrogen (secondary N) is 1. The predicted octanol–water partition coefficient (Wildman–Crippen LogP) is 4.53. The highest BCUT2D eigenvalue weighted by Crippen LogP contribution is 2.41. The van der Waals surface area contributed by atoms with Gasteiger partial charge in [0.1, 0.15) is 5.82 Å². The van der Waals surface area contributed by atoms with Crippen LogP contribution in [0.4, 0.5) is 5.82 Å². The number of anilines is 1. The number of carbonyl (C=O) groups is 1. The van der Waals surface area contributed by atoms with Crippen molar-refractivity contribution >= 4 is 22.8 Å². The molecular weight excluding hydrogens is 428 g/mol. The van der Waals surface area contributed by atoms with Crippen LogP contribution in [-0.4, -0.2) is 40.4 Å². The third kappa shape index (κ3) is 3.95. The maximum Gasteiger partial charge on any atom is 0.257 e. The minimum absolute atomic E-state index is 0.226. The number of rotatable bonds is 4. The molecular formula is C25H30N8O. The summed E-state index contributed by atoms with van der Waals surface area (Å²) in [5.74, 6) is 1.12. The third-order valence-corrected chi connectivity index (χ3v) is 5.94. The summed E-state index contributed by atoms with van der Waals surface area (Å²) < 4.78 is 3.51. The van der Waals surface area contributed by atoms with E-state index in [0.717, 1.165) is 52.3 Å². The van der Waals surface area contributed by atoms with Crippen LogP contribution >= 0.6 is 0 Å². The molecule has 0 aliphatic heterocycles. The lowest BCUT2D eigenvalue weighted by atomic mass is 10.1. The van der Waals surface area contributed by atoms with Gasteiger partial charge in [0.05, 0.1) is 27.9 Å². The lowest BCUT2D eigenvalue weighted by Gasteiger charge is -2.20. The van der Waals surface area contributed by atoms with Gasteiger partial charge in [-0.1, -0.05) is 0 Å². The Morgan fingerprint density at radius 3 is 2.24 bits per heavy atom. The second-order valence-electron chi connectivity index (χ2n) is 10.2. The van der Waals surface area contributed by atoms with E-state index in [1.54, 1.807) is 4.68 Å². The molecule has 0 atom stereocenters. The summed E-state index contributed by atoms with van der Waals surface area (Å²) in [6.45, 7) is 13.9. The molecule has 1 aliphatic carbocycles. The number of amides is 1. The van der Waals surface area contributed by atoms with Crippen LogP contribution in [0.2, 0.25) is 0 Å². The highest BCUT2D eigenvalue weighted by atomic mass is 16.1. The molecule has 9 heteroatoms. The summed E-state index contributed by atoms with van der Waals surface area (Å²) >= 11 is 0. The molecule has 0 aromatic carbocycles. The minimum atomic E-state index is -0.258. The van der Waals surface area contributed by atoms with E-state index in [-0.39, 0.29) is 11.4 Å². The molecule has 1 N–H and O–H groups in total. The predicted molar refractivity (Wildman–Crippen MR) is 131 cm³/mol. The first-order valence-electron chi connectivity index (χ1n) is 11.6. The van der Waals surface area contributed by atoms with Crippen LogP contribution in [0, 0.1) is 27.7 Å². The topological polar surface area (TPSA) is 103 Å².